The van der Waals surface area contributed by atoms with Gasteiger partial charge in [0.15, 0.2) is 5.78 Å². The minimum atomic E-state index is 0.180. The molecule has 0 aliphatic carbocycles. The van der Waals surface area contributed by atoms with Crippen molar-refractivity contribution in [2.75, 3.05) is 6.54 Å². The molecule has 0 spiro atoms. The van der Waals surface area contributed by atoms with Crippen molar-refractivity contribution in [3.63, 3.8) is 0 Å². The number of hydrogen-bond acceptors (Lipinski definition) is 2. The third-order valence-corrected chi connectivity index (χ3v) is 2.00. The third-order valence-electron chi connectivity index (χ3n) is 2.00. The Hall–Kier alpha value is -1.41. The summed E-state index contributed by atoms with van der Waals surface area (Å²) in [5.74, 6) is 0.180. The van der Waals surface area contributed by atoms with E-state index in [2.05, 4.69) is 0 Å². The van der Waals surface area contributed by atoms with Gasteiger partial charge in [-0.1, -0.05) is 43.3 Å². The maximum atomic E-state index is 11.3. The van der Waals surface area contributed by atoms with Gasteiger partial charge in [0.1, 0.15) is 0 Å². The van der Waals surface area contributed by atoms with Gasteiger partial charge < -0.3 is 5.73 Å². The molecule has 1 aromatic rings. The number of hydrogen-bond donors (Lipinski definition) is 1. The lowest BCUT2D eigenvalue weighted by molar-refractivity contribution is 0.0988. The summed E-state index contributed by atoms with van der Waals surface area (Å²) in [4.78, 5) is 11.3. The second kappa shape index (κ2) is 5.35. The molecule has 2 heteroatoms. The zero-order valence-corrected chi connectivity index (χ0v) is 8.36. The highest BCUT2D eigenvalue weighted by Gasteiger charge is 2.00. The van der Waals surface area contributed by atoms with Gasteiger partial charge in [0.2, 0.25) is 0 Å². The predicted octanol–water partition coefficient (Wildman–Crippen LogP) is 2.25. The maximum Gasteiger partial charge on any atom is 0.162 e. The van der Waals surface area contributed by atoms with Gasteiger partial charge in [0, 0.05) is 18.5 Å². The molecule has 0 fully saturated rings. The van der Waals surface area contributed by atoms with E-state index in [4.69, 9.17) is 5.73 Å². The van der Waals surface area contributed by atoms with Crippen molar-refractivity contribution in [2.45, 2.75) is 13.3 Å². The molecule has 0 saturated carbocycles. The van der Waals surface area contributed by atoms with Crippen molar-refractivity contribution in [2.24, 2.45) is 5.73 Å². The molecule has 1 rings (SSSR count). The molecule has 0 aromatic heterocycles. The molecule has 0 bridgehead atoms. The Morgan fingerprint density at radius 2 is 2.00 bits per heavy atom. The summed E-state index contributed by atoms with van der Waals surface area (Å²) < 4.78 is 0. The molecule has 0 aliphatic rings. The molecule has 14 heavy (non-hydrogen) atoms. The van der Waals surface area contributed by atoms with Crippen LogP contribution in [0.2, 0.25) is 0 Å². The summed E-state index contributed by atoms with van der Waals surface area (Å²) in [6, 6.07) is 7.55. The molecule has 2 N–H and O–H groups in total. The third kappa shape index (κ3) is 2.82. The van der Waals surface area contributed by atoms with Gasteiger partial charge in [0.05, 0.1) is 0 Å². The van der Waals surface area contributed by atoms with Gasteiger partial charge in [0.25, 0.3) is 0 Å². The highest BCUT2D eigenvalue weighted by molar-refractivity contribution is 5.95. The molecule has 1 aromatic carbocycles. The van der Waals surface area contributed by atoms with Gasteiger partial charge in [-0.3, -0.25) is 4.79 Å². The first kappa shape index (κ1) is 10.7. The molecule has 0 unspecified atom stereocenters. The number of carbonyl (C=O) groups excluding carboxylic acids is 1. The maximum absolute atomic E-state index is 11.3. The minimum absolute atomic E-state index is 0.180. The van der Waals surface area contributed by atoms with Crippen molar-refractivity contribution < 1.29 is 4.79 Å². The average molecular weight is 189 g/mol. The van der Waals surface area contributed by atoms with Crippen LogP contribution >= 0.6 is 0 Å². The van der Waals surface area contributed by atoms with Crippen LogP contribution in [0.15, 0.2) is 30.3 Å². The summed E-state index contributed by atoms with van der Waals surface area (Å²) >= 11 is 0. The fraction of sp³-hybridized carbons (Fsp3) is 0.250. The lowest BCUT2D eigenvalue weighted by Gasteiger charge is -1.98. The van der Waals surface area contributed by atoms with E-state index in [1.165, 1.54) is 0 Å². The van der Waals surface area contributed by atoms with E-state index in [1.807, 2.05) is 43.3 Å². The number of ketones is 1. The SMILES string of the molecule is CCC(=O)c1ccc(C=CCN)cc1. The lowest BCUT2D eigenvalue weighted by atomic mass is 10.1. The Kier molecular flexibility index (Phi) is 4.08. The lowest BCUT2D eigenvalue weighted by Crippen LogP contribution is -1.95. The Balaban J connectivity index is 2.78. The van der Waals surface area contributed by atoms with Crippen molar-refractivity contribution in [1.82, 2.24) is 0 Å². The topological polar surface area (TPSA) is 43.1 Å². The molecule has 0 radical (unpaired) electrons. The monoisotopic (exact) mass is 189 g/mol. The zero-order valence-electron chi connectivity index (χ0n) is 8.36. The van der Waals surface area contributed by atoms with Crippen molar-refractivity contribution in [1.29, 1.82) is 0 Å². The average Bonchev–Trinajstić information content (AvgIpc) is 2.26. The Morgan fingerprint density at radius 1 is 1.36 bits per heavy atom. The standard InChI is InChI=1S/C12H15NO/c1-2-12(14)11-7-5-10(6-8-11)4-3-9-13/h3-8H,2,9,13H2,1H3. The summed E-state index contributed by atoms with van der Waals surface area (Å²) in [6.45, 7) is 2.40. The fourth-order valence-electron chi connectivity index (χ4n) is 1.19. The van der Waals surface area contributed by atoms with Crippen LogP contribution in [-0.2, 0) is 0 Å². The number of carbonyl (C=O) groups is 1. The van der Waals surface area contributed by atoms with Crippen LogP contribution in [0.4, 0.5) is 0 Å². The normalized spacial score (nSPS) is 10.7. The molecule has 2 nitrogen and oxygen atoms in total. The Bertz CT molecular complexity index is 325. The van der Waals surface area contributed by atoms with E-state index in [9.17, 15) is 4.79 Å². The van der Waals surface area contributed by atoms with Crippen LogP contribution in [0, 0.1) is 0 Å². The van der Waals surface area contributed by atoms with E-state index in [1.54, 1.807) is 0 Å². The molecule has 0 atom stereocenters. The van der Waals surface area contributed by atoms with Gasteiger partial charge in [-0.25, -0.2) is 0 Å². The molecular formula is C12H15NO. The minimum Gasteiger partial charge on any atom is -0.327 e. The first-order valence-electron chi connectivity index (χ1n) is 4.77. The number of rotatable bonds is 4. The van der Waals surface area contributed by atoms with Crippen LogP contribution < -0.4 is 5.73 Å². The zero-order chi connectivity index (χ0) is 10.4. The van der Waals surface area contributed by atoms with E-state index in [0.29, 0.717) is 13.0 Å². The molecule has 0 heterocycles. The summed E-state index contributed by atoms with van der Waals surface area (Å²) in [6.07, 6.45) is 4.38. The van der Waals surface area contributed by atoms with E-state index in [-0.39, 0.29) is 5.78 Å². The molecule has 0 amide bonds. The van der Waals surface area contributed by atoms with E-state index >= 15 is 0 Å². The molecule has 0 saturated heterocycles. The van der Waals surface area contributed by atoms with Crippen LogP contribution in [-0.4, -0.2) is 12.3 Å². The largest absolute Gasteiger partial charge is 0.327 e. The number of Topliss-reactive ketones (excluding diaryl/α,β-unsaturated/α-hetero) is 1. The van der Waals surface area contributed by atoms with Gasteiger partial charge in [-0.2, -0.15) is 0 Å². The Morgan fingerprint density at radius 3 is 2.50 bits per heavy atom. The highest BCUT2D eigenvalue weighted by atomic mass is 16.1. The Labute approximate surface area is 84.4 Å². The summed E-state index contributed by atoms with van der Waals surface area (Å²) in [7, 11) is 0. The van der Waals surface area contributed by atoms with E-state index in [0.717, 1.165) is 11.1 Å². The first-order valence-corrected chi connectivity index (χ1v) is 4.77. The van der Waals surface area contributed by atoms with Crippen molar-refractivity contribution in [3.05, 3.63) is 41.5 Å². The molecular weight excluding hydrogens is 174 g/mol. The van der Waals surface area contributed by atoms with Crippen LogP contribution in [0.5, 0.6) is 0 Å². The van der Waals surface area contributed by atoms with Crippen molar-refractivity contribution >= 4 is 11.9 Å². The fourth-order valence-corrected chi connectivity index (χ4v) is 1.19. The van der Waals surface area contributed by atoms with Crippen molar-refractivity contribution in [3.8, 4) is 0 Å². The second-order valence-electron chi connectivity index (χ2n) is 3.04. The molecule has 0 aliphatic heterocycles. The first-order chi connectivity index (χ1) is 6.77. The second-order valence-corrected chi connectivity index (χ2v) is 3.04. The summed E-state index contributed by atoms with van der Waals surface area (Å²) in [5, 5.41) is 0. The number of nitrogens with two attached hydrogens (primary N) is 1. The smallest absolute Gasteiger partial charge is 0.162 e. The van der Waals surface area contributed by atoms with Crippen LogP contribution in [0.25, 0.3) is 6.08 Å². The number of benzene rings is 1. The quantitative estimate of drug-likeness (QED) is 0.738. The van der Waals surface area contributed by atoms with Crippen LogP contribution in [0.1, 0.15) is 29.3 Å². The van der Waals surface area contributed by atoms with E-state index < -0.39 is 0 Å². The van der Waals surface area contributed by atoms with Crippen LogP contribution in [0.3, 0.4) is 0 Å². The summed E-state index contributed by atoms with van der Waals surface area (Å²) in [5.41, 5.74) is 7.18. The van der Waals surface area contributed by atoms with Gasteiger partial charge in [-0.05, 0) is 5.56 Å². The predicted molar refractivity (Wildman–Crippen MR) is 59.2 cm³/mol. The highest BCUT2D eigenvalue weighted by Crippen LogP contribution is 2.07. The van der Waals surface area contributed by atoms with Gasteiger partial charge in [-0.15, -0.1) is 0 Å². The molecule has 74 valence electrons. The van der Waals surface area contributed by atoms with Gasteiger partial charge >= 0.3 is 0 Å².